The van der Waals surface area contributed by atoms with Crippen molar-refractivity contribution in [3.63, 3.8) is 0 Å². The summed E-state index contributed by atoms with van der Waals surface area (Å²) >= 11 is 0. The van der Waals surface area contributed by atoms with E-state index in [0.29, 0.717) is 5.75 Å². The Morgan fingerprint density at radius 2 is 0.842 bits per heavy atom. The first-order chi connectivity index (χ1) is 18.5. The van der Waals surface area contributed by atoms with Crippen LogP contribution in [0, 0.1) is 0 Å². The molecular formula is C32H32O6. The lowest BCUT2D eigenvalue weighted by molar-refractivity contribution is -0.141. The zero-order chi connectivity index (χ0) is 27.0. The summed E-state index contributed by atoms with van der Waals surface area (Å²) in [6.07, 6.45) is 0. The highest BCUT2D eigenvalue weighted by molar-refractivity contribution is 5.65. The van der Waals surface area contributed by atoms with Crippen molar-refractivity contribution in [3.05, 3.63) is 119 Å². The molecule has 0 aliphatic rings. The third-order valence-electron chi connectivity index (χ3n) is 6.51. The summed E-state index contributed by atoms with van der Waals surface area (Å²) in [4.78, 5) is 11.0. The van der Waals surface area contributed by atoms with Gasteiger partial charge in [-0.25, -0.2) is 0 Å². The van der Waals surface area contributed by atoms with Crippen molar-refractivity contribution in [2.45, 2.75) is 12.3 Å². The van der Waals surface area contributed by atoms with Gasteiger partial charge in [0.25, 0.3) is 0 Å². The molecule has 0 aliphatic carbocycles. The van der Waals surface area contributed by atoms with Crippen molar-refractivity contribution >= 4 is 5.97 Å². The average molecular weight is 513 g/mol. The van der Waals surface area contributed by atoms with E-state index in [4.69, 9.17) is 23.7 Å². The van der Waals surface area contributed by atoms with Crippen LogP contribution in [0.15, 0.2) is 97.1 Å². The van der Waals surface area contributed by atoms with E-state index in [-0.39, 0.29) is 19.2 Å². The zero-order valence-corrected chi connectivity index (χ0v) is 22.1. The largest absolute Gasteiger partial charge is 0.497 e. The number of hydrogen-bond donors (Lipinski definition) is 0. The SMILES string of the molecule is COc1ccc(C(c2ccc(OC)cc2)(c2ccc(OC)cc2)c2ccc(OCCOC(C)=O)cc2)cc1. The van der Waals surface area contributed by atoms with Crippen LogP contribution in [0.3, 0.4) is 0 Å². The van der Waals surface area contributed by atoms with Crippen LogP contribution >= 0.6 is 0 Å². The van der Waals surface area contributed by atoms with E-state index >= 15 is 0 Å². The Balaban J connectivity index is 1.88. The van der Waals surface area contributed by atoms with Gasteiger partial charge in [-0.2, -0.15) is 0 Å². The fourth-order valence-corrected chi connectivity index (χ4v) is 4.67. The molecule has 0 saturated heterocycles. The third kappa shape index (κ3) is 5.59. The van der Waals surface area contributed by atoms with Crippen molar-refractivity contribution < 1.29 is 28.5 Å². The minimum atomic E-state index is -0.666. The van der Waals surface area contributed by atoms with Crippen molar-refractivity contribution in [2.24, 2.45) is 0 Å². The number of benzene rings is 4. The number of hydrogen-bond acceptors (Lipinski definition) is 6. The molecule has 4 aromatic rings. The lowest BCUT2D eigenvalue weighted by Crippen LogP contribution is -2.31. The van der Waals surface area contributed by atoms with Gasteiger partial charge in [0.05, 0.1) is 26.7 Å². The standard InChI is InChI=1S/C32H32O6/c1-23(33)37-21-22-38-31-19-11-27(12-20-31)32(24-5-13-28(34-2)14-6-24,25-7-15-29(35-3)16-8-25)26-9-17-30(36-4)18-10-26/h5-20H,21-22H2,1-4H3. The Kier molecular flexibility index (Phi) is 8.54. The molecule has 0 fully saturated rings. The van der Waals surface area contributed by atoms with E-state index in [0.717, 1.165) is 39.5 Å². The van der Waals surface area contributed by atoms with Gasteiger partial charge in [-0.15, -0.1) is 0 Å². The van der Waals surface area contributed by atoms with Crippen LogP contribution in [0.2, 0.25) is 0 Å². The highest BCUT2D eigenvalue weighted by Gasteiger charge is 2.38. The van der Waals surface area contributed by atoms with Gasteiger partial charge >= 0.3 is 5.97 Å². The highest BCUT2D eigenvalue weighted by Crippen LogP contribution is 2.46. The Bertz CT molecular complexity index is 1200. The van der Waals surface area contributed by atoms with E-state index < -0.39 is 5.41 Å². The maximum Gasteiger partial charge on any atom is 0.302 e. The van der Waals surface area contributed by atoms with Gasteiger partial charge in [-0.05, 0) is 70.8 Å². The van der Waals surface area contributed by atoms with Gasteiger partial charge in [-0.1, -0.05) is 48.5 Å². The van der Waals surface area contributed by atoms with Crippen molar-refractivity contribution in [3.8, 4) is 23.0 Å². The van der Waals surface area contributed by atoms with E-state index in [1.54, 1.807) is 21.3 Å². The lowest BCUT2D eigenvalue weighted by atomic mass is 9.65. The number of esters is 1. The molecule has 6 nitrogen and oxygen atoms in total. The van der Waals surface area contributed by atoms with Gasteiger partial charge in [0.2, 0.25) is 0 Å². The molecular weight excluding hydrogens is 480 g/mol. The molecule has 0 atom stereocenters. The topological polar surface area (TPSA) is 63.2 Å². The van der Waals surface area contributed by atoms with Gasteiger partial charge < -0.3 is 23.7 Å². The molecule has 196 valence electrons. The first-order valence-corrected chi connectivity index (χ1v) is 12.3. The molecule has 0 N–H and O–H groups in total. The van der Waals surface area contributed by atoms with E-state index in [1.807, 2.05) is 48.5 Å². The quantitative estimate of drug-likeness (QED) is 0.139. The Labute approximate surface area is 223 Å². The summed E-state index contributed by atoms with van der Waals surface area (Å²) in [6, 6.07) is 32.4. The van der Waals surface area contributed by atoms with Crippen LogP contribution in [0.5, 0.6) is 23.0 Å². The molecule has 0 spiro atoms. The van der Waals surface area contributed by atoms with Crippen LogP contribution in [-0.2, 0) is 14.9 Å². The summed E-state index contributed by atoms with van der Waals surface area (Å²) in [6.45, 7) is 1.86. The highest BCUT2D eigenvalue weighted by atomic mass is 16.6. The molecule has 0 bridgehead atoms. The van der Waals surface area contributed by atoms with Crippen LogP contribution in [0.4, 0.5) is 0 Å². The van der Waals surface area contributed by atoms with Crippen LogP contribution in [0.1, 0.15) is 29.2 Å². The summed E-state index contributed by atoms with van der Waals surface area (Å²) in [5.41, 5.74) is 3.58. The molecule has 0 unspecified atom stereocenters. The summed E-state index contributed by atoms with van der Waals surface area (Å²) in [5.74, 6) is 2.71. The van der Waals surface area contributed by atoms with Crippen molar-refractivity contribution in [1.29, 1.82) is 0 Å². The second-order valence-corrected chi connectivity index (χ2v) is 8.65. The van der Waals surface area contributed by atoms with Gasteiger partial charge in [0, 0.05) is 6.92 Å². The summed E-state index contributed by atoms with van der Waals surface area (Å²) in [7, 11) is 4.99. The molecule has 0 heterocycles. The van der Waals surface area contributed by atoms with Crippen molar-refractivity contribution in [2.75, 3.05) is 34.5 Å². The molecule has 4 aromatic carbocycles. The van der Waals surface area contributed by atoms with Crippen LogP contribution < -0.4 is 18.9 Å². The van der Waals surface area contributed by atoms with Crippen LogP contribution in [0.25, 0.3) is 0 Å². The summed E-state index contributed by atoms with van der Waals surface area (Å²) < 4.78 is 27.1. The number of carbonyl (C=O) groups excluding carboxylic acids is 1. The number of carbonyl (C=O) groups is 1. The van der Waals surface area contributed by atoms with Gasteiger partial charge in [0.1, 0.15) is 36.2 Å². The second-order valence-electron chi connectivity index (χ2n) is 8.65. The lowest BCUT2D eigenvalue weighted by Gasteiger charge is -2.37. The molecule has 0 amide bonds. The maximum absolute atomic E-state index is 11.0. The minimum Gasteiger partial charge on any atom is -0.497 e. The number of rotatable bonds is 11. The average Bonchev–Trinajstić information content (AvgIpc) is 2.97. The fraction of sp³-hybridized carbons (Fsp3) is 0.219. The fourth-order valence-electron chi connectivity index (χ4n) is 4.67. The Morgan fingerprint density at radius 1 is 0.526 bits per heavy atom. The van der Waals surface area contributed by atoms with E-state index in [9.17, 15) is 4.79 Å². The molecule has 38 heavy (non-hydrogen) atoms. The molecule has 0 radical (unpaired) electrons. The molecule has 0 aliphatic heterocycles. The smallest absolute Gasteiger partial charge is 0.302 e. The first-order valence-electron chi connectivity index (χ1n) is 12.3. The second kappa shape index (κ2) is 12.2. The predicted octanol–water partition coefficient (Wildman–Crippen LogP) is 6.04. The molecule has 6 heteroatoms. The Morgan fingerprint density at radius 3 is 1.13 bits per heavy atom. The normalized spacial score (nSPS) is 10.9. The third-order valence-corrected chi connectivity index (χ3v) is 6.51. The summed E-state index contributed by atoms with van der Waals surface area (Å²) in [5, 5.41) is 0. The monoisotopic (exact) mass is 512 g/mol. The van der Waals surface area contributed by atoms with E-state index in [1.165, 1.54) is 6.92 Å². The van der Waals surface area contributed by atoms with Crippen LogP contribution in [-0.4, -0.2) is 40.5 Å². The molecule has 0 aromatic heterocycles. The maximum atomic E-state index is 11.0. The van der Waals surface area contributed by atoms with Gasteiger partial charge in [-0.3, -0.25) is 4.79 Å². The zero-order valence-electron chi connectivity index (χ0n) is 22.1. The molecule has 4 rings (SSSR count). The minimum absolute atomic E-state index is 0.199. The predicted molar refractivity (Wildman–Crippen MR) is 147 cm³/mol. The number of methoxy groups -OCH3 is 3. The molecule has 0 saturated carbocycles. The van der Waals surface area contributed by atoms with Crippen molar-refractivity contribution in [1.82, 2.24) is 0 Å². The van der Waals surface area contributed by atoms with Gasteiger partial charge in [0.15, 0.2) is 0 Å². The van der Waals surface area contributed by atoms with E-state index in [2.05, 4.69) is 48.5 Å². The number of ether oxygens (including phenoxy) is 5. The Hall–Kier alpha value is -4.45. The first kappa shape index (κ1) is 26.6.